The maximum absolute atomic E-state index is 5.42. The maximum atomic E-state index is 5.42. The van der Waals surface area contributed by atoms with Crippen LogP contribution in [0.15, 0.2) is 158 Å². The van der Waals surface area contributed by atoms with Crippen molar-refractivity contribution < 1.29 is 0 Å². The Kier molecular flexibility index (Phi) is 5.08. The molecule has 0 amide bonds. The van der Waals surface area contributed by atoms with Gasteiger partial charge in [-0.1, -0.05) is 121 Å². The van der Waals surface area contributed by atoms with E-state index in [1.54, 1.807) is 0 Å². The lowest BCUT2D eigenvalue weighted by Crippen LogP contribution is -2.00. The zero-order chi connectivity index (χ0) is 31.3. The van der Waals surface area contributed by atoms with Crippen molar-refractivity contribution >= 4 is 87.0 Å². The van der Waals surface area contributed by atoms with E-state index < -0.39 is 0 Å². The van der Waals surface area contributed by atoms with Gasteiger partial charge in [0.25, 0.3) is 0 Å². The van der Waals surface area contributed by atoms with Crippen molar-refractivity contribution in [3.63, 3.8) is 0 Å². The van der Waals surface area contributed by atoms with Crippen LogP contribution in [0.25, 0.3) is 98.5 Å². The fraction of sp³-hybridized carbons (Fsp3) is 0. The molecule has 0 N–H and O–H groups in total. The zero-order valence-electron chi connectivity index (χ0n) is 25.8. The van der Waals surface area contributed by atoms with Gasteiger partial charge in [0.15, 0.2) is 5.82 Å². The van der Waals surface area contributed by atoms with Crippen molar-refractivity contribution in [1.82, 2.24) is 19.1 Å². The van der Waals surface area contributed by atoms with Gasteiger partial charge in [-0.2, -0.15) is 0 Å². The minimum Gasteiger partial charge on any atom is -0.309 e. The Morgan fingerprint density at radius 2 is 0.854 bits per heavy atom. The maximum Gasteiger partial charge on any atom is 0.156 e. The van der Waals surface area contributed by atoms with Gasteiger partial charge in [-0.25, -0.2) is 4.98 Å². The SMILES string of the molecule is c1ccc2c(-n3c4ccccc4c4c5c6ccccc6n(-c6cnc7c8ccccc8c8ccccc8c7n6)c5ccc43)cccc2c1. The van der Waals surface area contributed by atoms with Crippen LogP contribution in [0.4, 0.5) is 0 Å². The molecule has 0 saturated carbocycles. The van der Waals surface area contributed by atoms with E-state index in [4.69, 9.17) is 9.97 Å². The number of aromatic nitrogens is 4. The summed E-state index contributed by atoms with van der Waals surface area (Å²) in [6.07, 6.45) is 1.94. The van der Waals surface area contributed by atoms with Crippen LogP contribution in [0.1, 0.15) is 0 Å². The highest BCUT2D eigenvalue weighted by molar-refractivity contribution is 6.29. The number of benzene rings is 8. The van der Waals surface area contributed by atoms with Gasteiger partial charge in [-0.3, -0.25) is 9.55 Å². The quantitative estimate of drug-likeness (QED) is 0.183. The van der Waals surface area contributed by atoms with Crippen molar-refractivity contribution in [2.24, 2.45) is 0 Å². The second-order valence-electron chi connectivity index (χ2n) is 12.6. The molecule has 4 heteroatoms. The Morgan fingerprint density at radius 3 is 1.54 bits per heavy atom. The second-order valence-corrected chi connectivity index (χ2v) is 12.6. The predicted molar refractivity (Wildman–Crippen MR) is 201 cm³/mol. The largest absolute Gasteiger partial charge is 0.309 e. The van der Waals surface area contributed by atoms with Crippen LogP contribution < -0.4 is 0 Å². The molecule has 48 heavy (non-hydrogen) atoms. The van der Waals surface area contributed by atoms with Crippen LogP contribution in [0, 0.1) is 0 Å². The first-order valence-electron chi connectivity index (χ1n) is 16.4. The molecule has 8 aromatic carbocycles. The fourth-order valence-corrected chi connectivity index (χ4v) is 8.15. The molecule has 0 saturated heterocycles. The first-order chi connectivity index (χ1) is 23.8. The monoisotopic (exact) mass is 610 g/mol. The Bertz CT molecular complexity index is 3090. The van der Waals surface area contributed by atoms with Crippen LogP contribution in [0.5, 0.6) is 0 Å². The highest BCUT2D eigenvalue weighted by atomic mass is 15.1. The third-order valence-electron chi connectivity index (χ3n) is 10.1. The van der Waals surface area contributed by atoms with Crippen molar-refractivity contribution in [2.45, 2.75) is 0 Å². The molecule has 0 aliphatic heterocycles. The molecule has 4 nitrogen and oxygen atoms in total. The minimum absolute atomic E-state index is 0.811. The Balaban J connectivity index is 1.28. The molecule has 0 spiro atoms. The molecule has 0 radical (unpaired) electrons. The lowest BCUT2D eigenvalue weighted by molar-refractivity contribution is 1.08. The van der Waals surface area contributed by atoms with Crippen molar-refractivity contribution in [2.75, 3.05) is 0 Å². The number of nitrogens with zero attached hydrogens (tertiary/aromatic N) is 4. The molecular weight excluding hydrogens is 585 g/mol. The molecule has 0 atom stereocenters. The summed E-state index contributed by atoms with van der Waals surface area (Å²) in [4.78, 5) is 10.5. The predicted octanol–water partition coefficient (Wildman–Crippen LogP) is 11.3. The Labute approximate surface area is 274 Å². The van der Waals surface area contributed by atoms with Gasteiger partial charge in [-0.15, -0.1) is 0 Å². The average Bonchev–Trinajstić information content (AvgIpc) is 3.67. The first kappa shape index (κ1) is 25.6. The number of rotatable bonds is 2. The van der Waals surface area contributed by atoms with Crippen molar-refractivity contribution in [1.29, 1.82) is 0 Å². The molecule has 0 aliphatic carbocycles. The summed E-state index contributed by atoms with van der Waals surface area (Å²) in [6, 6.07) is 54.3. The number of hydrogen-bond donors (Lipinski definition) is 0. The van der Waals surface area contributed by atoms with Gasteiger partial charge >= 0.3 is 0 Å². The Morgan fingerprint density at radius 1 is 0.354 bits per heavy atom. The average molecular weight is 611 g/mol. The summed E-state index contributed by atoms with van der Waals surface area (Å²) < 4.78 is 4.73. The van der Waals surface area contributed by atoms with Gasteiger partial charge in [0.2, 0.25) is 0 Å². The molecule has 3 aromatic heterocycles. The number of hydrogen-bond acceptors (Lipinski definition) is 2. The summed E-state index contributed by atoms with van der Waals surface area (Å²) >= 11 is 0. The normalized spacial score (nSPS) is 12.2. The molecule has 3 heterocycles. The lowest BCUT2D eigenvalue weighted by atomic mass is 10.00. The van der Waals surface area contributed by atoms with Crippen LogP contribution in [-0.2, 0) is 0 Å². The van der Waals surface area contributed by atoms with E-state index in [0.717, 1.165) is 38.7 Å². The highest BCUT2D eigenvalue weighted by Crippen LogP contribution is 2.43. The van der Waals surface area contributed by atoms with Crippen LogP contribution >= 0.6 is 0 Å². The topological polar surface area (TPSA) is 35.6 Å². The fourth-order valence-electron chi connectivity index (χ4n) is 8.15. The summed E-state index contributed by atoms with van der Waals surface area (Å²) in [6.45, 7) is 0. The first-order valence-corrected chi connectivity index (χ1v) is 16.4. The second kappa shape index (κ2) is 9.50. The molecule has 0 aliphatic rings. The molecule has 222 valence electrons. The lowest BCUT2D eigenvalue weighted by Gasteiger charge is -2.12. The number of fused-ring (bicyclic) bond motifs is 14. The van der Waals surface area contributed by atoms with Gasteiger partial charge in [0, 0.05) is 37.7 Å². The van der Waals surface area contributed by atoms with E-state index >= 15 is 0 Å². The summed E-state index contributed by atoms with van der Waals surface area (Å²) in [5.41, 5.74) is 7.63. The highest BCUT2D eigenvalue weighted by Gasteiger charge is 2.22. The van der Waals surface area contributed by atoms with E-state index in [1.165, 1.54) is 59.8 Å². The summed E-state index contributed by atoms with van der Waals surface area (Å²) in [5, 5.41) is 12.0. The number of para-hydroxylation sites is 2. The standard InChI is InChI=1S/C44H26N4/c1-2-14-28-27(12-1)13-11-23-35(28)47-36-21-9-7-19-33(36)41-38(47)24-25-39-42(41)34-20-8-10-22-37(34)48(39)40-26-45-43-31-17-5-3-15-29(31)30-16-4-6-18-32(30)44(43)46-40/h1-26H. The summed E-state index contributed by atoms with van der Waals surface area (Å²) in [7, 11) is 0. The Hall–Kier alpha value is -6.52. The van der Waals surface area contributed by atoms with E-state index in [0.29, 0.717) is 0 Å². The third kappa shape index (κ3) is 3.33. The van der Waals surface area contributed by atoms with Crippen LogP contribution in [-0.4, -0.2) is 19.1 Å². The zero-order valence-corrected chi connectivity index (χ0v) is 25.8. The van der Waals surface area contributed by atoms with E-state index in [-0.39, 0.29) is 0 Å². The molecule has 0 unspecified atom stereocenters. The van der Waals surface area contributed by atoms with Crippen molar-refractivity contribution in [3.05, 3.63) is 158 Å². The van der Waals surface area contributed by atoms with Gasteiger partial charge in [-0.05, 0) is 46.5 Å². The van der Waals surface area contributed by atoms with Gasteiger partial charge in [0.1, 0.15) is 0 Å². The van der Waals surface area contributed by atoms with Crippen molar-refractivity contribution in [3.8, 4) is 11.5 Å². The van der Waals surface area contributed by atoms with Crippen LogP contribution in [0.3, 0.4) is 0 Å². The molecule has 0 fully saturated rings. The van der Waals surface area contributed by atoms with E-state index in [2.05, 4.69) is 161 Å². The minimum atomic E-state index is 0.811. The van der Waals surface area contributed by atoms with Gasteiger partial charge < -0.3 is 4.57 Å². The van der Waals surface area contributed by atoms with E-state index in [1.807, 2.05) is 6.20 Å². The third-order valence-corrected chi connectivity index (χ3v) is 10.1. The van der Waals surface area contributed by atoms with E-state index in [9.17, 15) is 0 Å². The molecular formula is C44H26N4. The molecule has 0 bridgehead atoms. The molecule has 11 rings (SSSR count). The van der Waals surface area contributed by atoms with Crippen LogP contribution in [0.2, 0.25) is 0 Å². The molecule has 11 aromatic rings. The van der Waals surface area contributed by atoms with Gasteiger partial charge in [0.05, 0.1) is 45.0 Å². The smallest absolute Gasteiger partial charge is 0.156 e. The summed E-state index contributed by atoms with van der Waals surface area (Å²) in [5.74, 6) is 0.811.